The molecule has 0 amide bonds. The highest BCUT2D eigenvalue weighted by Crippen LogP contribution is 2.17. The number of nitrogens with one attached hydrogen (secondary N) is 2. The van der Waals surface area contributed by atoms with Gasteiger partial charge in [-0.2, -0.15) is 5.10 Å². The summed E-state index contributed by atoms with van der Waals surface area (Å²) in [5.74, 6) is 1.50. The summed E-state index contributed by atoms with van der Waals surface area (Å²) in [7, 11) is 3.44. The normalized spacial score (nSPS) is 11.3. The minimum absolute atomic E-state index is 0.622. The summed E-state index contributed by atoms with van der Waals surface area (Å²) in [4.78, 5) is 4.31. The molecule has 0 saturated carbocycles. The van der Waals surface area contributed by atoms with E-state index < -0.39 is 0 Å². The van der Waals surface area contributed by atoms with Crippen molar-refractivity contribution < 1.29 is 9.47 Å². The summed E-state index contributed by atoms with van der Waals surface area (Å²) in [6.07, 6.45) is 4.55. The van der Waals surface area contributed by atoms with Crippen LogP contribution in [0.3, 0.4) is 0 Å². The molecule has 0 aliphatic rings. The molecule has 0 aliphatic heterocycles. The molecule has 2 aromatic carbocycles. The zero-order valence-electron chi connectivity index (χ0n) is 16.8. The van der Waals surface area contributed by atoms with Crippen LogP contribution >= 0.6 is 0 Å². The second-order valence-electron chi connectivity index (χ2n) is 6.39. The van der Waals surface area contributed by atoms with Gasteiger partial charge in [-0.15, -0.1) is 0 Å². The van der Waals surface area contributed by atoms with Gasteiger partial charge in [0.15, 0.2) is 5.96 Å². The first kappa shape index (κ1) is 20.4. The first-order valence-electron chi connectivity index (χ1n) is 9.57. The van der Waals surface area contributed by atoms with Crippen LogP contribution in [-0.4, -0.2) is 43.1 Å². The Balaban J connectivity index is 1.55. The van der Waals surface area contributed by atoms with Crippen molar-refractivity contribution >= 4 is 11.6 Å². The lowest BCUT2D eigenvalue weighted by molar-refractivity contribution is 0.172. The molecule has 0 bridgehead atoms. The van der Waals surface area contributed by atoms with E-state index in [-0.39, 0.29) is 0 Å². The number of guanidine groups is 1. The Kier molecular flexibility index (Phi) is 7.65. The fraction of sp³-hybridized carbons (Fsp3) is 0.273. The molecule has 7 heteroatoms. The SMILES string of the molecule is CN=C(NCc1cccc(-n2cccn2)c1)Nc1cccc(OCCCOC)c1. The van der Waals surface area contributed by atoms with E-state index in [1.165, 1.54) is 0 Å². The fourth-order valence-corrected chi connectivity index (χ4v) is 2.79. The summed E-state index contributed by atoms with van der Waals surface area (Å²) in [6, 6.07) is 18.0. The zero-order valence-corrected chi connectivity index (χ0v) is 16.8. The van der Waals surface area contributed by atoms with Crippen molar-refractivity contribution in [1.82, 2.24) is 15.1 Å². The van der Waals surface area contributed by atoms with Crippen LogP contribution < -0.4 is 15.4 Å². The molecule has 2 N–H and O–H groups in total. The van der Waals surface area contributed by atoms with E-state index >= 15 is 0 Å². The van der Waals surface area contributed by atoms with Crippen molar-refractivity contribution in [3.8, 4) is 11.4 Å². The van der Waals surface area contributed by atoms with Crippen LogP contribution in [0.2, 0.25) is 0 Å². The minimum atomic E-state index is 0.622. The maximum absolute atomic E-state index is 5.75. The molecule has 152 valence electrons. The van der Waals surface area contributed by atoms with Gasteiger partial charge in [-0.05, 0) is 35.9 Å². The van der Waals surface area contributed by atoms with Gasteiger partial charge < -0.3 is 20.1 Å². The van der Waals surface area contributed by atoms with Crippen LogP contribution in [0, 0.1) is 0 Å². The number of aliphatic imine (C=N–C) groups is 1. The Hall–Kier alpha value is -3.32. The molecule has 3 rings (SSSR count). The number of aromatic nitrogens is 2. The second kappa shape index (κ2) is 10.9. The molecule has 7 nitrogen and oxygen atoms in total. The van der Waals surface area contributed by atoms with Crippen LogP contribution in [0.5, 0.6) is 5.75 Å². The van der Waals surface area contributed by atoms with Gasteiger partial charge in [-0.1, -0.05) is 18.2 Å². The standard InChI is InChI=1S/C22H27N5O2/c1-23-22(26-19-8-4-10-21(16-19)29-14-6-13-28-2)24-17-18-7-3-9-20(15-18)27-12-5-11-25-27/h3-5,7-12,15-16H,6,13-14,17H2,1-2H3,(H2,23,24,26). The molecule has 0 radical (unpaired) electrons. The third-order valence-corrected chi connectivity index (χ3v) is 4.22. The van der Waals surface area contributed by atoms with Gasteiger partial charge in [0.05, 0.1) is 12.3 Å². The lowest BCUT2D eigenvalue weighted by Crippen LogP contribution is -2.30. The van der Waals surface area contributed by atoms with Gasteiger partial charge in [0, 0.05) is 57.9 Å². The summed E-state index contributed by atoms with van der Waals surface area (Å²) in [5, 5.41) is 10.9. The Labute approximate surface area is 171 Å². The van der Waals surface area contributed by atoms with Crippen molar-refractivity contribution in [3.63, 3.8) is 0 Å². The summed E-state index contributed by atoms with van der Waals surface area (Å²) in [5.41, 5.74) is 3.07. The van der Waals surface area contributed by atoms with Gasteiger partial charge in [0.1, 0.15) is 5.75 Å². The summed E-state index contributed by atoms with van der Waals surface area (Å²) < 4.78 is 12.6. The van der Waals surface area contributed by atoms with E-state index in [9.17, 15) is 0 Å². The Bertz CT molecular complexity index is 909. The highest BCUT2D eigenvalue weighted by atomic mass is 16.5. The van der Waals surface area contributed by atoms with E-state index in [4.69, 9.17) is 9.47 Å². The molecule has 0 spiro atoms. The molecular formula is C22H27N5O2. The molecular weight excluding hydrogens is 366 g/mol. The number of anilines is 1. The molecule has 1 heterocycles. The van der Waals surface area contributed by atoms with Crippen LogP contribution in [0.4, 0.5) is 5.69 Å². The predicted octanol–water partition coefficient (Wildman–Crippen LogP) is 3.48. The molecule has 0 aliphatic carbocycles. The molecule has 0 saturated heterocycles. The van der Waals surface area contributed by atoms with Crippen molar-refractivity contribution in [3.05, 3.63) is 72.6 Å². The summed E-state index contributed by atoms with van der Waals surface area (Å²) >= 11 is 0. The Morgan fingerprint density at radius 1 is 1.10 bits per heavy atom. The largest absolute Gasteiger partial charge is 0.493 e. The van der Waals surface area contributed by atoms with E-state index in [0.29, 0.717) is 25.7 Å². The molecule has 29 heavy (non-hydrogen) atoms. The number of rotatable bonds is 9. The number of nitrogens with zero attached hydrogens (tertiary/aromatic N) is 3. The zero-order chi connectivity index (χ0) is 20.3. The average molecular weight is 393 g/mol. The number of benzene rings is 2. The van der Waals surface area contributed by atoms with Gasteiger partial charge in [-0.3, -0.25) is 4.99 Å². The van der Waals surface area contributed by atoms with E-state index in [0.717, 1.165) is 29.1 Å². The van der Waals surface area contributed by atoms with Gasteiger partial charge >= 0.3 is 0 Å². The Morgan fingerprint density at radius 2 is 2.00 bits per heavy atom. The topological polar surface area (TPSA) is 72.7 Å². The van der Waals surface area contributed by atoms with E-state index in [2.05, 4.69) is 32.9 Å². The van der Waals surface area contributed by atoms with E-state index in [1.54, 1.807) is 20.4 Å². The molecule has 3 aromatic rings. The van der Waals surface area contributed by atoms with E-state index in [1.807, 2.05) is 53.3 Å². The van der Waals surface area contributed by atoms with Gasteiger partial charge in [-0.25, -0.2) is 4.68 Å². The number of hydrogen-bond donors (Lipinski definition) is 2. The van der Waals surface area contributed by atoms with Crippen LogP contribution in [0.25, 0.3) is 5.69 Å². The smallest absolute Gasteiger partial charge is 0.195 e. The molecule has 0 atom stereocenters. The molecule has 1 aromatic heterocycles. The van der Waals surface area contributed by atoms with Crippen molar-refractivity contribution in [2.24, 2.45) is 4.99 Å². The maximum Gasteiger partial charge on any atom is 0.195 e. The quantitative estimate of drug-likeness (QED) is 0.331. The van der Waals surface area contributed by atoms with Gasteiger partial charge in [0.25, 0.3) is 0 Å². The fourth-order valence-electron chi connectivity index (χ4n) is 2.79. The van der Waals surface area contributed by atoms with Crippen molar-refractivity contribution in [2.45, 2.75) is 13.0 Å². The van der Waals surface area contributed by atoms with Crippen LogP contribution in [0.1, 0.15) is 12.0 Å². The number of methoxy groups -OCH3 is 1. The highest BCUT2D eigenvalue weighted by molar-refractivity contribution is 5.93. The third kappa shape index (κ3) is 6.36. The lowest BCUT2D eigenvalue weighted by atomic mass is 10.2. The molecule has 0 unspecified atom stereocenters. The van der Waals surface area contributed by atoms with Crippen LogP contribution in [-0.2, 0) is 11.3 Å². The Morgan fingerprint density at radius 3 is 2.79 bits per heavy atom. The first-order chi connectivity index (χ1) is 14.3. The summed E-state index contributed by atoms with van der Waals surface area (Å²) in [6.45, 7) is 1.95. The van der Waals surface area contributed by atoms with Gasteiger partial charge in [0.2, 0.25) is 0 Å². The lowest BCUT2D eigenvalue weighted by Gasteiger charge is -2.14. The maximum atomic E-state index is 5.75. The minimum Gasteiger partial charge on any atom is -0.493 e. The number of ether oxygens (including phenoxy) is 2. The number of hydrogen-bond acceptors (Lipinski definition) is 4. The van der Waals surface area contributed by atoms with Crippen LogP contribution in [0.15, 0.2) is 72.0 Å². The van der Waals surface area contributed by atoms with Crippen molar-refractivity contribution in [1.29, 1.82) is 0 Å². The third-order valence-electron chi connectivity index (χ3n) is 4.22. The van der Waals surface area contributed by atoms with Crippen molar-refractivity contribution in [2.75, 3.05) is 32.7 Å². The second-order valence-corrected chi connectivity index (χ2v) is 6.39. The predicted molar refractivity (Wildman–Crippen MR) is 116 cm³/mol. The highest BCUT2D eigenvalue weighted by Gasteiger charge is 2.03. The monoisotopic (exact) mass is 393 g/mol. The molecule has 0 fully saturated rings. The first-order valence-corrected chi connectivity index (χ1v) is 9.57. The average Bonchev–Trinajstić information content (AvgIpc) is 3.30.